The van der Waals surface area contributed by atoms with Gasteiger partial charge < -0.3 is 28.4 Å². The summed E-state index contributed by atoms with van der Waals surface area (Å²) in [6, 6.07) is 10.4. The van der Waals surface area contributed by atoms with Crippen LogP contribution in [-0.4, -0.2) is 75.6 Å². The van der Waals surface area contributed by atoms with Crippen LogP contribution in [0.25, 0.3) is 0 Å². The number of hydrogen-bond acceptors (Lipinski definition) is 7. The standard InChI is InChI=1S/C33H58O6S/c1-6-11-21-34-26-28(35-22-12-7-2)29-30(36-23-13-8-3)31(37-24-14-9-4)32(38-25-15-10-5)33(39-29)40-27-19-17-16-18-20-27/h16-20,28-33H,6-15,21-26H2,1-5H3/t28-,29?,30-,31?,32-,33-/m1/s1. The number of rotatable bonds is 24. The molecule has 232 valence electrons. The predicted molar refractivity (Wildman–Crippen MR) is 165 cm³/mol. The van der Waals surface area contributed by atoms with Gasteiger partial charge in [0.25, 0.3) is 0 Å². The normalized spacial score (nSPS) is 23.9. The number of unbranched alkanes of at least 4 members (excludes halogenated alkanes) is 5. The Morgan fingerprint density at radius 2 is 1.18 bits per heavy atom. The van der Waals surface area contributed by atoms with Crippen molar-refractivity contribution in [3.63, 3.8) is 0 Å². The third kappa shape index (κ3) is 13.1. The van der Waals surface area contributed by atoms with Gasteiger partial charge in [0, 0.05) is 37.9 Å². The van der Waals surface area contributed by atoms with Crippen molar-refractivity contribution in [2.45, 2.75) is 140 Å². The average molecular weight is 583 g/mol. The van der Waals surface area contributed by atoms with E-state index in [1.807, 2.05) is 6.07 Å². The van der Waals surface area contributed by atoms with E-state index in [1.165, 1.54) is 0 Å². The molecular weight excluding hydrogens is 524 g/mol. The lowest BCUT2D eigenvalue weighted by atomic mass is 9.95. The van der Waals surface area contributed by atoms with Gasteiger partial charge in [-0.25, -0.2) is 0 Å². The Bertz CT molecular complexity index is 707. The van der Waals surface area contributed by atoms with Gasteiger partial charge in [0.15, 0.2) is 0 Å². The van der Waals surface area contributed by atoms with Gasteiger partial charge >= 0.3 is 0 Å². The van der Waals surface area contributed by atoms with E-state index in [2.05, 4.69) is 58.9 Å². The third-order valence-electron chi connectivity index (χ3n) is 7.07. The molecule has 2 unspecified atom stereocenters. The molecule has 0 bridgehead atoms. The molecule has 0 spiro atoms. The third-order valence-corrected chi connectivity index (χ3v) is 8.23. The highest BCUT2D eigenvalue weighted by molar-refractivity contribution is 7.99. The summed E-state index contributed by atoms with van der Waals surface area (Å²) in [5, 5.41) is 0. The average Bonchev–Trinajstić information content (AvgIpc) is 2.97. The molecule has 7 heteroatoms. The molecule has 1 aromatic carbocycles. The molecule has 0 radical (unpaired) electrons. The zero-order valence-electron chi connectivity index (χ0n) is 26.0. The predicted octanol–water partition coefficient (Wildman–Crippen LogP) is 8.06. The van der Waals surface area contributed by atoms with Crippen LogP contribution in [0.4, 0.5) is 0 Å². The SMILES string of the molecule is CCCCOC[C@@H](OCCCC)C1O[C@H](Sc2ccccc2)[C@H](OCCCC)C(OCCCC)[C@@H]1OCCCC. The van der Waals surface area contributed by atoms with Crippen molar-refractivity contribution in [1.82, 2.24) is 0 Å². The summed E-state index contributed by atoms with van der Waals surface area (Å²) in [7, 11) is 0. The lowest BCUT2D eigenvalue weighted by molar-refractivity contribution is -0.264. The molecule has 1 aliphatic heterocycles. The molecule has 6 nitrogen and oxygen atoms in total. The van der Waals surface area contributed by atoms with Gasteiger partial charge in [0.05, 0.1) is 6.61 Å². The molecule has 1 fully saturated rings. The maximum atomic E-state index is 6.99. The summed E-state index contributed by atoms with van der Waals surface area (Å²) in [4.78, 5) is 1.15. The van der Waals surface area contributed by atoms with Crippen molar-refractivity contribution in [3.8, 4) is 0 Å². The number of ether oxygens (including phenoxy) is 6. The second-order valence-electron chi connectivity index (χ2n) is 10.7. The van der Waals surface area contributed by atoms with E-state index < -0.39 is 0 Å². The highest BCUT2D eigenvalue weighted by Crippen LogP contribution is 2.39. The summed E-state index contributed by atoms with van der Waals surface area (Å²) in [6.07, 6.45) is 9.03. The van der Waals surface area contributed by atoms with E-state index in [4.69, 9.17) is 28.4 Å². The largest absolute Gasteiger partial charge is 0.379 e. The van der Waals surface area contributed by atoms with Crippen LogP contribution in [0, 0.1) is 0 Å². The van der Waals surface area contributed by atoms with E-state index >= 15 is 0 Å². The summed E-state index contributed by atoms with van der Waals surface area (Å²) < 4.78 is 39.6. The molecule has 1 aromatic rings. The van der Waals surface area contributed by atoms with E-state index in [0.29, 0.717) is 33.0 Å². The Hall–Kier alpha value is -0.670. The molecular formula is C33H58O6S. The van der Waals surface area contributed by atoms with Crippen molar-refractivity contribution >= 4 is 11.8 Å². The van der Waals surface area contributed by atoms with Crippen LogP contribution in [0.15, 0.2) is 35.2 Å². The second kappa shape index (κ2) is 22.9. The monoisotopic (exact) mass is 582 g/mol. The lowest BCUT2D eigenvalue weighted by Gasteiger charge is -2.48. The molecule has 0 aromatic heterocycles. The van der Waals surface area contributed by atoms with Crippen molar-refractivity contribution in [1.29, 1.82) is 0 Å². The topological polar surface area (TPSA) is 55.4 Å². The molecule has 1 saturated heterocycles. The summed E-state index contributed by atoms with van der Waals surface area (Å²) in [6.45, 7) is 14.8. The van der Waals surface area contributed by atoms with Gasteiger partial charge in [-0.3, -0.25) is 0 Å². The van der Waals surface area contributed by atoms with E-state index in [-0.39, 0.29) is 36.0 Å². The van der Waals surface area contributed by atoms with E-state index in [0.717, 1.165) is 75.7 Å². The molecule has 1 aliphatic rings. The van der Waals surface area contributed by atoms with Crippen LogP contribution >= 0.6 is 11.8 Å². The quantitative estimate of drug-likeness (QED) is 0.114. The zero-order chi connectivity index (χ0) is 28.8. The Kier molecular flexibility index (Phi) is 20.3. The minimum absolute atomic E-state index is 0.247. The first-order chi connectivity index (χ1) is 19.7. The van der Waals surface area contributed by atoms with Gasteiger partial charge in [0.1, 0.15) is 36.0 Å². The minimum Gasteiger partial charge on any atom is -0.379 e. The fourth-order valence-corrected chi connectivity index (χ4v) is 5.71. The molecule has 40 heavy (non-hydrogen) atoms. The molecule has 0 saturated carbocycles. The molecule has 6 atom stereocenters. The van der Waals surface area contributed by atoms with Crippen molar-refractivity contribution in [2.24, 2.45) is 0 Å². The Labute approximate surface area is 249 Å². The first kappa shape index (κ1) is 35.5. The first-order valence-corrected chi connectivity index (χ1v) is 17.0. The summed E-state index contributed by atoms with van der Waals surface area (Å²) >= 11 is 1.71. The highest BCUT2D eigenvalue weighted by atomic mass is 32.2. The Balaban J connectivity index is 2.43. The van der Waals surface area contributed by atoms with Gasteiger partial charge in [-0.2, -0.15) is 0 Å². The second-order valence-corrected chi connectivity index (χ2v) is 11.8. The minimum atomic E-state index is -0.325. The van der Waals surface area contributed by atoms with Crippen LogP contribution in [-0.2, 0) is 28.4 Å². The summed E-state index contributed by atoms with van der Waals surface area (Å²) in [5.74, 6) is 0. The maximum Gasteiger partial charge on any atom is 0.137 e. The van der Waals surface area contributed by atoms with E-state index in [1.54, 1.807) is 11.8 Å². The maximum absolute atomic E-state index is 6.99. The van der Waals surface area contributed by atoms with Crippen molar-refractivity contribution in [3.05, 3.63) is 30.3 Å². The van der Waals surface area contributed by atoms with Gasteiger partial charge in [-0.15, -0.1) is 0 Å². The van der Waals surface area contributed by atoms with Crippen LogP contribution < -0.4 is 0 Å². The van der Waals surface area contributed by atoms with Crippen LogP contribution in [0.1, 0.15) is 98.8 Å². The number of benzene rings is 1. The van der Waals surface area contributed by atoms with Crippen molar-refractivity contribution in [2.75, 3.05) is 39.6 Å². The van der Waals surface area contributed by atoms with Gasteiger partial charge in [-0.1, -0.05) is 96.7 Å². The van der Waals surface area contributed by atoms with E-state index in [9.17, 15) is 0 Å². The van der Waals surface area contributed by atoms with Gasteiger partial charge in [-0.05, 0) is 44.2 Å². The Morgan fingerprint density at radius 1 is 0.650 bits per heavy atom. The van der Waals surface area contributed by atoms with Gasteiger partial charge in [0.2, 0.25) is 0 Å². The van der Waals surface area contributed by atoms with Crippen molar-refractivity contribution < 1.29 is 28.4 Å². The fraction of sp³-hybridized carbons (Fsp3) is 0.818. The summed E-state index contributed by atoms with van der Waals surface area (Å²) in [5.41, 5.74) is -0.255. The number of thioether (sulfide) groups is 1. The fourth-order valence-electron chi connectivity index (χ4n) is 4.57. The smallest absolute Gasteiger partial charge is 0.137 e. The van der Waals surface area contributed by atoms with Crippen LogP contribution in [0.5, 0.6) is 0 Å². The Morgan fingerprint density at radius 3 is 1.77 bits per heavy atom. The lowest BCUT2D eigenvalue weighted by Crippen LogP contribution is -2.63. The molecule has 0 N–H and O–H groups in total. The first-order valence-electron chi connectivity index (χ1n) is 16.1. The number of hydrogen-bond donors (Lipinski definition) is 0. The molecule has 2 rings (SSSR count). The molecule has 1 heterocycles. The highest BCUT2D eigenvalue weighted by Gasteiger charge is 2.51. The molecule has 0 aliphatic carbocycles. The van der Waals surface area contributed by atoms with Crippen LogP contribution in [0.2, 0.25) is 0 Å². The zero-order valence-corrected chi connectivity index (χ0v) is 26.8. The van der Waals surface area contributed by atoms with Crippen LogP contribution in [0.3, 0.4) is 0 Å². The molecule has 0 amide bonds.